The lowest BCUT2D eigenvalue weighted by Crippen LogP contribution is -2.47. The summed E-state index contributed by atoms with van der Waals surface area (Å²) in [6, 6.07) is 12.4. The molecule has 4 heterocycles. The van der Waals surface area contributed by atoms with Crippen molar-refractivity contribution < 1.29 is 36.3 Å². The van der Waals surface area contributed by atoms with Gasteiger partial charge in [-0.05, 0) is 111 Å². The Morgan fingerprint density at radius 2 is 1.56 bits per heavy atom. The van der Waals surface area contributed by atoms with Crippen LogP contribution in [0.15, 0.2) is 65.6 Å². The van der Waals surface area contributed by atoms with E-state index in [9.17, 15) is 31.9 Å². The molecule has 3 aliphatic heterocycles. The third-order valence-electron chi connectivity index (χ3n) is 11.3. The van der Waals surface area contributed by atoms with E-state index in [2.05, 4.69) is 20.3 Å². The number of hydrogen-bond acceptors (Lipinski definition) is 7. The number of ether oxygens (including phenoxy) is 1. The number of benzene rings is 3. The first kappa shape index (κ1) is 37.3. The molecule has 286 valence electrons. The fraction of sp³-hybridized carbons (Fsp3) is 0.425. The fourth-order valence-corrected chi connectivity index (χ4v) is 8.40. The van der Waals surface area contributed by atoms with Crippen LogP contribution >= 0.6 is 0 Å². The summed E-state index contributed by atoms with van der Waals surface area (Å²) in [6.45, 7) is 4.67. The third-order valence-corrected chi connectivity index (χ3v) is 11.3. The number of nitrogens with one attached hydrogen (secondary N) is 2. The number of alkyl halides is 3. The number of rotatable bonds is 8. The molecule has 2 N–H and O–H groups in total. The summed E-state index contributed by atoms with van der Waals surface area (Å²) in [7, 11) is 1.51. The molecule has 2 amide bonds. The Hall–Kier alpha value is -4.98. The van der Waals surface area contributed by atoms with Gasteiger partial charge in [0.05, 0.1) is 11.1 Å². The second-order valence-corrected chi connectivity index (χ2v) is 14.6. The molecule has 3 saturated heterocycles. The van der Waals surface area contributed by atoms with Crippen LogP contribution in [-0.2, 0) is 16.6 Å². The van der Waals surface area contributed by atoms with Crippen molar-refractivity contribution in [2.75, 3.05) is 36.4 Å². The number of aromatic nitrogens is 1. The van der Waals surface area contributed by atoms with Crippen LogP contribution in [0.1, 0.15) is 57.1 Å². The van der Waals surface area contributed by atoms with E-state index in [-0.39, 0.29) is 35.3 Å². The topological polar surface area (TPSA) is 95.9 Å². The van der Waals surface area contributed by atoms with E-state index in [1.807, 2.05) is 11.8 Å². The molecule has 2 atom stereocenters. The van der Waals surface area contributed by atoms with Gasteiger partial charge in [0, 0.05) is 55.6 Å². The molecule has 4 aromatic rings. The lowest BCUT2D eigenvalue weighted by Gasteiger charge is -2.42. The normalized spacial score (nSPS) is 19.9. The Morgan fingerprint density at radius 1 is 0.852 bits per heavy atom. The molecule has 54 heavy (non-hydrogen) atoms. The van der Waals surface area contributed by atoms with Crippen molar-refractivity contribution in [2.45, 2.75) is 63.9 Å². The minimum absolute atomic E-state index is 0.127. The van der Waals surface area contributed by atoms with Crippen molar-refractivity contribution in [2.24, 2.45) is 18.9 Å². The first-order valence-corrected chi connectivity index (χ1v) is 18.3. The highest BCUT2D eigenvalue weighted by molar-refractivity contribution is 6.01. The number of piperidine rings is 3. The molecule has 0 saturated carbocycles. The minimum Gasteiger partial charge on any atom is -0.405 e. The summed E-state index contributed by atoms with van der Waals surface area (Å²) in [4.78, 5) is 40.5. The second kappa shape index (κ2) is 15.0. The lowest BCUT2D eigenvalue weighted by molar-refractivity contribution is -0.275. The number of aryl methyl sites for hydroxylation is 1. The maximum Gasteiger partial charge on any atom is 0.573 e. The van der Waals surface area contributed by atoms with E-state index in [0.717, 1.165) is 31.7 Å². The van der Waals surface area contributed by atoms with Crippen LogP contribution in [0.3, 0.4) is 0 Å². The number of pyridine rings is 1. The summed E-state index contributed by atoms with van der Waals surface area (Å²) >= 11 is 0. The summed E-state index contributed by atoms with van der Waals surface area (Å²) < 4.78 is 76.4. The smallest absolute Gasteiger partial charge is 0.405 e. The minimum atomic E-state index is -4.93. The van der Waals surface area contributed by atoms with Crippen LogP contribution in [0.2, 0.25) is 0 Å². The van der Waals surface area contributed by atoms with Crippen molar-refractivity contribution in [1.82, 2.24) is 14.8 Å². The Balaban J connectivity index is 0.985. The van der Waals surface area contributed by atoms with E-state index >= 15 is 4.39 Å². The molecule has 3 fully saturated rings. The number of halogens is 5. The molecule has 1 aromatic heterocycles. The molecular weight excluding hydrogens is 709 g/mol. The number of carbonyl (C=O) groups excluding carboxylic acids is 2. The van der Waals surface area contributed by atoms with Crippen molar-refractivity contribution in [3.63, 3.8) is 0 Å². The first-order chi connectivity index (χ1) is 25.7. The number of nitrogens with zero attached hydrogens (tertiary/aromatic N) is 3. The van der Waals surface area contributed by atoms with Gasteiger partial charge in [-0.2, -0.15) is 0 Å². The number of hydrogen-bond donors (Lipinski definition) is 2. The molecule has 0 aliphatic carbocycles. The van der Waals surface area contributed by atoms with Gasteiger partial charge >= 0.3 is 6.36 Å². The molecule has 9 nitrogen and oxygen atoms in total. The Bertz CT molecular complexity index is 2120. The molecule has 14 heteroatoms. The van der Waals surface area contributed by atoms with E-state index < -0.39 is 29.7 Å². The van der Waals surface area contributed by atoms with Crippen molar-refractivity contribution >= 4 is 34.0 Å². The number of anilines is 2. The van der Waals surface area contributed by atoms with Crippen LogP contribution in [-0.4, -0.2) is 59.9 Å². The second-order valence-electron chi connectivity index (χ2n) is 14.6. The van der Waals surface area contributed by atoms with Crippen molar-refractivity contribution in [3.05, 3.63) is 88.3 Å². The molecule has 0 spiro atoms. The van der Waals surface area contributed by atoms with Gasteiger partial charge < -0.3 is 19.5 Å². The van der Waals surface area contributed by atoms with Gasteiger partial charge in [0.2, 0.25) is 11.8 Å². The summed E-state index contributed by atoms with van der Waals surface area (Å²) in [6.07, 6.45) is 0.747. The van der Waals surface area contributed by atoms with Gasteiger partial charge in [-0.3, -0.25) is 24.6 Å². The monoisotopic (exact) mass is 751 g/mol. The maximum absolute atomic E-state index is 15.3. The predicted molar refractivity (Wildman–Crippen MR) is 195 cm³/mol. The number of carbonyl (C=O) groups is 2. The summed E-state index contributed by atoms with van der Waals surface area (Å²) in [5.41, 5.74) is 1.84. The first-order valence-electron chi connectivity index (χ1n) is 18.3. The van der Waals surface area contributed by atoms with Gasteiger partial charge in [-0.25, -0.2) is 8.78 Å². The number of imide groups is 1. The SMILES string of the molecule is CC(c1ccc(-c2cn(C)c(=O)c3cc(F)ccc23)cc1OC(F)(F)F)N1CCC(C2CCN(c3ccc(NC4CCC(=O)NC4=O)cc3F)CC2)CC1. The highest BCUT2D eigenvalue weighted by atomic mass is 19.4. The number of amides is 2. The number of likely N-dealkylation sites (tertiary alicyclic amines) is 1. The van der Waals surface area contributed by atoms with E-state index in [1.54, 1.807) is 24.3 Å². The summed E-state index contributed by atoms with van der Waals surface area (Å²) in [5.74, 6) is -1.13. The van der Waals surface area contributed by atoms with Gasteiger partial charge in [0.1, 0.15) is 23.4 Å². The molecule has 3 aromatic carbocycles. The highest BCUT2D eigenvalue weighted by Crippen LogP contribution is 2.41. The fourth-order valence-electron chi connectivity index (χ4n) is 8.40. The zero-order valence-corrected chi connectivity index (χ0v) is 30.0. The van der Waals surface area contributed by atoms with Gasteiger partial charge in [-0.1, -0.05) is 18.2 Å². The molecule has 0 bridgehead atoms. The largest absolute Gasteiger partial charge is 0.573 e. The van der Waals surface area contributed by atoms with E-state index in [0.29, 0.717) is 77.9 Å². The van der Waals surface area contributed by atoms with Crippen LogP contribution in [0.5, 0.6) is 5.75 Å². The van der Waals surface area contributed by atoms with E-state index in [1.165, 1.54) is 42.1 Å². The Kier molecular flexibility index (Phi) is 10.4. The zero-order chi connectivity index (χ0) is 38.3. The average molecular weight is 752 g/mol. The van der Waals surface area contributed by atoms with Crippen LogP contribution in [0.25, 0.3) is 21.9 Å². The average Bonchev–Trinajstić information content (AvgIpc) is 3.14. The Labute approximate surface area is 309 Å². The van der Waals surface area contributed by atoms with Gasteiger partial charge in [-0.15, -0.1) is 13.2 Å². The highest BCUT2D eigenvalue weighted by Gasteiger charge is 2.36. The van der Waals surface area contributed by atoms with Crippen LogP contribution in [0, 0.1) is 23.5 Å². The van der Waals surface area contributed by atoms with Gasteiger partial charge in [0.15, 0.2) is 0 Å². The zero-order valence-electron chi connectivity index (χ0n) is 30.0. The predicted octanol–water partition coefficient (Wildman–Crippen LogP) is 7.29. The molecule has 3 aliphatic rings. The maximum atomic E-state index is 15.3. The molecule has 0 radical (unpaired) electrons. The van der Waals surface area contributed by atoms with Gasteiger partial charge in [0.25, 0.3) is 5.56 Å². The quantitative estimate of drug-likeness (QED) is 0.144. The molecule has 7 rings (SSSR count). The van der Waals surface area contributed by atoms with Crippen molar-refractivity contribution in [1.29, 1.82) is 0 Å². The van der Waals surface area contributed by atoms with Crippen LogP contribution < -0.4 is 25.8 Å². The van der Waals surface area contributed by atoms with E-state index in [4.69, 9.17) is 0 Å². The van der Waals surface area contributed by atoms with Crippen molar-refractivity contribution in [3.8, 4) is 16.9 Å². The Morgan fingerprint density at radius 3 is 2.22 bits per heavy atom. The molecular formula is C40H42F5N5O4. The summed E-state index contributed by atoms with van der Waals surface area (Å²) in [5, 5.41) is 5.87. The standard InChI is InChI=1S/C40H42F5N5O4/c1-23(29-6-3-26(19-36(29)54-40(43,44)45)32-22-48(2)39(53)31-20-27(41)4-7-30(31)32)49-15-11-24(12-16-49)25-13-17-50(18-14-25)35-9-5-28(21-33(35)42)46-34-8-10-37(51)47-38(34)52/h3-7,9,19-25,34,46H,8,10-18H2,1-2H3,(H,47,51,52). The molecule has 2 unspecified atom stereocenters. The lowest BCUT2D eigenvalue weighted by atomic mass is 9.78. The van der Waals surface area contributed by atoms with Crippen LogP contribution in [0.4, 0.5) is 33.3 Å². The third kappa shape index (κ3) is 7.94. The number of fused-ring (bicyclic) bond motifs is 1.